The molecule has 0 radical (unpaired) electrons. The minimum atomic E-state index is 0.840. The fraction of sp³-hybridized carbons (Fsp3) is 0.278. The standard InChI is InChI=1S/C18H21N3/c1-13-9-17-18(10-14(13)2)21(12-20-17)8-4-6-15-5-3-7-16(19)11-15/h3,5,7,9-12H,4,6,8,19H2,1-2H3. The summed E-state index contributed by atoms with van der Waals surface area (Å²) in [6, 6.07) is 12.5. The van der Waals surface area contributed by atoms with Gasteiger partial charge in [-0.3, -0.25) is 0 Å². The van der Waals surface area contributed by atoms with Crippen molar-refractivity contribution in [2.24, 2.45) is 0 Å². The van der Waals surface area contributed by atoms with Gasteiger partial charge in [-0.15, -0.1) is 0 Å². The number of hydrogen-bond donors (Lipinski definition) is 1. The summed E-state index contributed by atoms with van der Waals surface area (Å²) < 4.78 is 2.24. The monoisotopic (exact) mass is 279 g/mol. The molecule has 1 aromatic heterocycles. The number of nitrogens with zero attached hydrogens (tertiary/aromatic N) is 2. The van der Waals surface area contributed by atoms with Gasteiger partial charge in [0.15, 0.2) is 0 Å². The van der Waals surface area contributed by atoms with Crippen LogP contribution in [0.2, 0.25) is 0 Å². The van der Waals surface area contributed by atoms with Crippen molar-refractivity contribution >= 4 is 16.7 Å². The van der Waals surface area contributed by atoms with E-state index in [9.17, 15) is 0 Å². The lowest BCUT2D eigenvalue weighted by atomic mass is 10.1. The second kappa shape index (κ2) is 5.60. The summed E-state index contributed by atoms with van der Waals surface area (Å²) in [4.78, 5) is 4.50. The Kier molecular flexibility index (Phi) is 3.65. The summed E-state index contributed by atoms with van der Waals surface area (Å²) in [7, 11) is 0. The van der Waals surface area contributed by atoms with Gasteiger partial charge in [-0.1, -0.05) is 12.1 Å². The van der Waals surface area contributed by atoms with Crippen LogP contribution in [0.5, 0.6) is 0 Å². The molecule has 21 heavy (non-hydrogen) atoms. The van der Waals surface area contributed by atoms with Crippen molar-refractivity contribution < 1.29 is 0 Å². The first-order valence-corrected chi connectivity index (χ1v) is 7.40. The number of fused-ring (bicyclic) bond motifs is 1. The maximum Gasteiger partial charge on any atom is 0.0958 e. The van der Waals surface area contributed by atoms with Gasteiger partial charge in [0.25, 0.3) is 0 Å². The Morgan fingerprint density at radius 3 is 2.71 bits per heavy atom. The average Bonchev–Trinajstić information content (AvgIpc) is 2.82. The molecule has 3 nitrogen and oxygen atoms in total. The number of imidazole rings is 1. The van der Waals surface area contributed by atoms with Crippen LogP contribution >= 0.6 is 0 Å². The molecule has 3 rings (SSSR count). The third-order valence-corrected chi connectivity index (χ3v) is 4.05. The van der Waals surface area contributed by atoms with Crippen molar-refractivity contribution in [3.05, 3.63) is 59.4 Å². The maximum absolute atomic E-state index is 5.81. The second-order valence-corrected chi connectivity index (χ2v) is 5.71. The zero-order chi connectivity index (χ0) is 14.8. The van der Waals surface area contributed by atoms with Crippen molar-refractivity contribution in [2.75, 3.05) is 5.73 Å². The molecule has 0 bridgehead atoms. The molecular formula is C18H21N3. The SMILES string of the molecule is Cc1cc2ncn(CCCc3cccc(N)c3)c2cc1C. The highest BCUT2D eigenvalue weighted by Gasteiger charge is 2.05. The van der Waals surface area contributed by atoms with Crippen LogP contribution in [-0.4, -0.2) is 9.55 Å². The van der Waals surface area contributed by atoms with Crippen LogP contribution in [0.4, 0.5) is 5.69 Å². The molecule has 2 aromatic carbocycles. The van der Waals surface area contributed by atoms with Gasteiger partial charge in [0.05, 0.1) is 17.4 Å². The van der Waals surface area contributed by atoms with Crippen LogP contribution in [0.1, 0.15) is 23.1 Å². The number of rotatable bonds is 4. The highest BCUT2D eigenvalue weighted by molar-refractivity contribution is 5.77. The predicted molar refractivity (Wildman–Crippen MR) is 88.4 cm³/mol. The quantitative estimate of drug-likeness (QED) is 0.737. The molecule has 0 atom stereocenters. The number of nitrogens with two attached hydrogens (primary N) is 1. The van der Waals surface area contributed by atoms with E-state index >= 15 is 0 Å². The summed E-state index contributed by atoms with van der Waals surface area (Å²) in [5, 5.41) is 0. The van der Waals surface area contributed by atoms with Crippen LogP contribution in [0.15, 0.2) is 42.7 Å². The van der Waals surface area contributed by atoms with E-state index in [0.29, 0.717) is 0 Å². The van der Waals surface area contributed by atoms with E-state index in [-0.39, 0.29) is 0 Å². The minimum absolute atomic E-state index is 0.840. The van der Waals surface area contributed by atoms with E-state index in [4.69, 9.17) is 5.73 Å². The molecule has 0 aliphatic heterocycles. The molecule has 0 aliphatic rings. The number of nitrogen functional groups attached to an aromatic ring is 1. The largest absolute Gasteiger partial charge is 0.399 e. The lowest BCUT2D eigenvalue weighted by Crippen LogP contribution is -1.99. The van der Waals surface area contributed by atoms with Crippen LogP contribution in [0.25, 0.3) is 11.0 Å². The van der Waals surface area contributed by atoms with Gasteiger partial charge in [-0.2, -0.15) is 0 Å². The van der Waals surface area contributed by atoms with Gasteiger partial charge in [0.2, 0.25) is 0 Å². The average molecular weight is 279 g/mol. The molecule has 0 saturated carbocycles. The second-order valence-electron chi connectivity index (χ2n) is 5.71. The molecule has 2 N–H and O–H groups in total. The van der Waals surface area contributed by atoms with Crippen molar-refractivity contribution in [2.45, 2.75) is 33.2 Å². The number of aryl methyl sites for hydroxylation is 4. The first kappa shape index (κ1) is 13.7. The van der Waals surface area contributed by atoms with Crippen LogP contribution < -0.4 is 5.73 Å². The van der Waals surface area contributed by atoms with Crippen molar-refractivity contribution in [1.82, 2.24) is 9.55 Å². The van der Waals surface area contributed by atoms with Crippen LogP contribution in [-0.2, 0) is 13.0 Å². The summed E-state index contributed by atoms with van der Waals surface area (Å²) >= 11 is 0. The van der Waals surface area contributed by atoms with E-state index in [1.807, 2.05) is 18.5 Å². The number of hydrogen-bond acceptors (Lipinski definition) is 2. The van der Waals surface area contributed by atoms with Gasteiger partial charge in [0, 0.05) is 12.2 Å². The molecule has 0 aliphatic carbocycles. The first-order valence-electron chi connectivity index (χ1n) is 7.40. The third kappa shape index (κ3) is 2.92. The van der Waals surface area contributed by atoms with Gasteiger partial charge in [-0.25, -0.2) is 4.98 Å². The summed E-state index contributed by atoms with van der Waals surface area (Å²) in [6.45, 7) is 5.26. The highest BCUT2D eigenvalue weighted by Crippen LogP contribution is 2.19. The summed E-state index contributed by atoms with van der Waals surface area (Å²) in [5.74, 6) is 0. The van der Waals surface area contributed by atoms with Gasteiger partial charge in [0.1, 0.15) is 0 Å². The molecular weight excluding hydrogens is 258 g/mol. The number of aromatic nitrogens is 2. The summed E-state index contributed by atoms with van der Waals surface area (Å²) in [6.07, 6.45) is 4.07. The Labute approximate surface area is 125 Å². The van der Waals surface area contributed by atoms with E-state index in [2.05, 4.69) is 47.7 Å². The van der Waals surface area contributed by atoms with E-state index in [1.165, 1.54) is 22.2 Å². The molecule has 3 heteroatoms. The fourth-order valence-electron chi connectivity index (χ4n) is 2.69. The number of benzene rings is 2. The van der Waals surface area contributed by atoms with Crippen molar-refractivity contribution in [1.29, 1.82) is 0 Å². The molecule has 108 valence electrons. The van der Waals surface area contributed by atoms with E-state index in [1.54, 1.807) is 0 Å². The smallest absolute Gasteiger partial charge is 0.0958 e. The van der Waals surface area contributed by atoms with Crippen LogP contribution in [0, 0.1) is 13.8 Å². The molecule has 0 saturated heterocycles. The Morgan fingerprint density at radius 1 is 1.10 bits per heavy atom. The molecule has 0 unspecified atom stereocenters. The number of anilines is 1. The van der Waals surface area contributed by atoms with Crippen molar-refractivity contribution in [3.8, 4) is 0 Å². The molecule has 3 aromatic rings. The first-order chi connectivity index (χ1) is 10.1. The van der Waals surface area contributed by atoms with E-state index < -0.39 is 0 Å². The Bertz CT molecular complexity index is 771. The summed E-state index contributed by atoms with van der Waals surface area (Å²) in [5.41, 5.74) is 12.9. The topological polar surface area (TPSA) is 43.8 Å². The normalized spacial score (nSPS) is 11.1. The highest BCUT2D eigenvalue weighted by atomic mass is 15.0. The molecule has 1 heterocycles. The van der Waals surface area contributed by atoms with Crippen molar-refractivity contribution in [3.63, 3.8) is 0 Å². The Morgan fingerprint density at radius 2 is 1.90 bits per heavy atom. The fourth-order valence-corrected chi connectivity index (χ4v) is 2.69. The van der Waals surface area contributed by atoms with Gasteiger partial charge < -0.3 is 10.3 Å². The van der Waals surface area contributed by atoms with Gasteiger partial charge >= 0.3 is 0 Å². The molecule has 0 spiro atoms. The molecule has 0 fully saturated rings. The zero-order valence-electron chi connectivity index (χ0n) is 12.6. The van der Waals surface area contributed by atoms with E-state index in [0.717, 1.165) is 30.6 Å². The van der Waals surface area contributed by atoms with Gasteiger partial charge in [-0.05, 0) is 67.6 Å². The zero-order valence-corrected chi connectivity index (χ0v) is 12.6. The predicted octanol–water partition coefficient (Wildman–Crippen LogP) is 3.87. The maximum atomic E-state index is 5.81. The lowest BCUT2D eigenvalue weighted by molar-refractivity contribution is 0.657. The molecule has 0 amide bonds. The van der Waals surface area contributed by atoms with Crippen LogP contribution in [0.3, 0.4) is 0 Å². The lowest BCUT2D eigenvalue weighted by Gasteiger charge is -2.07. The third-order valence-electron chi connectivity index (χ3n) is 4.05. The minimum Gasteiger partial charge on any atom is -0.399 e. The Hall–Kier alpha value is -2.29. The Balaban J connectivity index is 1.72.